The van der Waals surface area contributed by atoms with Gasteiger partial charge in [-0.05, 0) is 22.5 Å². The van der Waals surface area contributed by atoms with E-state index < -0.39 is 6.85 Å². The summed E-state index contributed by atoms with van der Waals surface area (Å²) in [4.78, 5) is 0. The molecule has 0 bridgehead atoms. The van der Waals surface area contributed by atoms with E-state index in [0.717, 1.165) is 0 Å². The van der Waals surface area contributed by atoms with Crippen LogP contribution >= 0.6 is 29.3 Å². The summed E-state index contributed by atoms with van der Waals surface area (Å²) in [6.07, 6.45) is 6.37. The molecule has 0 saturated heterocycles. The molecule has 0 fully saturated rings. The van der Waals surface area contributed by atoms with Gasteiger partial charge in [0.1, 0.15) is 12.7 Å². The first-order valence-electron chi connectivity index (χ1n) is 4.19. The Morgan fingerprint density at radius 3 is 2.60 bits per heavy atom. The van der Waals surface area contributed by atoms with Gasteiger partial charge in [0.2, 0.25) is 6.85 Å². The minimum absolute atomic E-state index is 0.226. The fraction of sp³-hybridized carbons (Fsp3) is 0.556. The van der Waals surface area contributed by atoms with E-state index in [1.54, 1.807) is 6.08 Å². The van der Waals surface area contributed by atoms with Crippen LogP contribution < -0.4 is 0 Å². The Kier molecular flexibility index (Phi) is 10.8. The predicted molar refractivity (Wildman–Crippen MR) is 64.2 cm³/mol. The van der Waals surface area contributed by atoms with E-state index >= 15 is 0 Å². The largest absolute Gasteiger partial charge is 0.375 e. The van der Waals surface area contributed by atoms with Crippen LogP contribution in [0.3, 0.4) is 0 Å². The van der Waals surface area contributed by atoms with Crippen molar-refractivity contribution in [1.29, 1.82) is 0 Å². The highest BCUT2D eigenvalue weighted by Crippen LogP contribution is 2.48. The quantitative estimate of drug-likeness (QED) is 0.279. The van der Waals surface area contributed by atoms with Gasteiger partial charge >= 0.3 is 0 Å². The van der Waals surface area contributed by atoms with Crippen LogP contribution in [0.1, 0.15) is 0 Å². The summed E-state index contributed by atoms with van der Waals surface area (Å²) < 4.78 is 15.5. The molecule has 0 aliphatic rings. The molecule has 1 unspecified atom stereocenters. The highest BCUT2D eigenvalue weighted by Gasteiger charge is 2.14. The van der Waals surface area contributed by atoms with Crippen LogP contribution in [0.15, 0.2) is 12.7 Å². The Morgan fingerprint density at radius 1 is 1.40 bits per heavy atom. The molecule has 6 heteroatoms. The fourth-order valence-corrected chi connectivity index (χ4v) is 1.78. The lowest BCUT2D eigenvalue weighted by Gasteiger charge is -2.16. The molecule has 1 atom stereocenters. The second-order valence-corrected chi connectivity index (χ2v) is 5.45. The maximum atomic E-state index is 5.53. The molecule has 0 amide bonds. The Morgan fingerprint density at radius 2 is 2.07 bits per heavy atom. The van der Waals surface area contributed by atoms with Crippen molar-refractivity contribution in [2.45, 2.75) is 6.10 Å². The summed E-state index contributed by atoms with van der Waals surface area (Å²) in [5.41, 5.74) is 0. The highest BCUT2D eigenvalue weighted by molar-refractivity contribution is 8.00. The van der Waals surface area contributed by atoms with E-state index in [4.69, 9.17) is 42.9 Å². The van der Waals surface area contributed by atoms with Crippen LogP contribution in [-0.2, 0) is 14.0 Å². The van der Waals surface area contributed by atoms with Crippen molar-refractivity contribution in [2.75, 3.05) is 26.4 Å². The molecule has 0 aromatic heterocycles. The summed E-state index contributed by atoms with van der Waals surface area (Å²) in [5, 5.41) is 0. The Bertz CT molecular complexity index is 206. The second kappa shape index (κ2) is 10.7. The summed E-state index contributed by atoms with van der Waals surface area (Å²) in [6, 6.07) is 0. The van der Waals surface area contributed by atoms with Gasteiger partial charge in [0.05, 0.1) is 19.8 Å². The normalized spacial score (nSPS) is 12.4. The molecule has 0 rings (SSSR count). The summed E-state index contributed by atoms with van der Waals surface area (Å²) in [6.45, 7) is 3.36. The smallest absolute Gasteiger partial charge is 0.225 e. The van der Waals surface area contributed by atoms with E-state index in [1.165, 1.54) is 0 Å². The summed E-state index contributed by atoms with van der Waals surface area (Å²) in [5.74, 6) is 2.35. The number of rotatable bonds is 9. The number of halogens is 2. The van der Waals surface area contributed by atoms with Crippen LogP contribution in [0.4, 0.5) is 0 Å². The first-order chi connectivity index (χ1) is 7.20. The van der Waals surface area contributed by atoms with E-state index in [1.807, 2.05) is 0 Å². The van der Waals surface area contributed by atoms with E-state index in [2.05, 4.69) is 12.5 Å². The van der Waals surface area contributed by atoms with Gasteiger partial charge in [-0.2, -0.15) is 0 Å². The predicted octanol–water partition coefficient (Wildman–Crippen LogP) is 2.93. The number of terminal acetylenes is 1. The van der Waals surface area contributed by atoms with Gasteiger partial charge < -0.3 is 14.0 Å². The van der Waals surface area contributed by atoms with Crippen LogP contribution in [0, 0.1) is 12.3 Å². The lowest BCUT2D eigenvalue weighted by atomic mass is 10.4. The first-order valence-corrected chi connectivity index (χ1v) is 7.26. The monoisotopic (exact) mass is 270 g/mol. The SMILES string of the molecule is C#CCOCC(COCC=C)OP(Cl)Cl. The number of ether oxygens (including phenoxy) is 2. The average molecular weight is 271 g/mol. The zero-order valence-corrected chi connectivity index (χ0v) is 10.6. The van der Waals surface area contributed by atoms with Crippen LogP contribution in [0.25, 0.3) is 0 Å². The maximum absolute atomic E-state index is 5.53. The van der Waals surface area contributed by atoms with Gasteiger partial charge in [-0.15, -0.1) is 13.0 Å². The molecule has 0 aromatic carbocycles. The molecule has 0 N–H and O–H groups in total. The molecular formula is C9H13Cl2O3P. The second-order valence-electron chi connectivity index (χ2n) is 2.47. The molecule has 15 heavy (non-hydrogen) atoms. The topological polar surface area (TPSA) is 27.7 Å². The van der Waals surface area contributed by atoms with Gasteiger partial charge in [0, 0.05) is 0 Å². The molecular weight excluding hydrogens is 258 g/mol. The molecule has 0 aromatic rings. The van der Waals surface area contributed by atoms with Gasteiger partial charge in [0.15, 0.2) is 0 Å². The molecule has 0 aliphatic carbocycles. The zero-order valence-electron chi connectivity index (χ0n) is 8.20. The molecule has 0 spiro atoms. The van der Waals surface area contributed by atoms with Gasteiger partial charge in [-0.3, -0.25) is 0 Å². The van der Waals surface area contributed by atoms with E-state index in [9.17, 15) is 0 Å². The Labute approximate surface area is 101 Å². The van der Waals surface area contributed by atoms with Crippen molar-refractivity contribution in [1.82, 2.24) is 0 Å². The third-order valence-corrected chi connectivity index (χ3v) is 2.19. The third kappa shape index (κ3) is 10.5. The molecule has 0 radical (unpaired) electrons. The fourth-order valence-electron chi connectivity index (χ4n) is 0.754. The summed E-state index contributed by atoms with van der Waals surface area (Å²) >= 11 is 11.1. The minimum Gasteiger partial charge on any atom is -0.375 e. The lowest BCUT2D eigenvalue weighted by Crippen LogP contribution is -2.23. The minimum atomic E-state index is -1.47. The van der Waals surface area contributed by atoms with Crippen LogP contribution in [0.2, 0.25) is 0 Å². The van der Waals surface area contributed by atoms with Gasteiger partial charge in [-0.1, -0.05) is 12.0 Å². The Balaban J connectivity index is 3.73. The summed E-state index contributed by atoms with van der Waals surface area (Å²) in [7, 11) is 0. The van der Waals surface area contributed by atoms with Crippen molar-refractivity contribution in [3.8, 4) is 12.3 Å². The van der Waals surface area contributed by atoms with E-state index in [0.29, 0.717) is 19.8 Å². The van der Waals surface area contributed by atoms with Crippen molar-refractivity contribution < 1.29 is 14.0 Å². The standard InChI is InChI=1S/C9H13Cl2O3P/c1-3-5-12-7-9(14-15(10)11)8-13-6-4-2/h1,4,9H,2,5-8H2. The Hall–Kier alpha value is 0.190. The maximum Gasteiger partial charge on any atom is 0.225 e. The molecule has 0 heterocycles. The van der Waals surface area contributed by atoms with Crippen molar-refractivity contribution in [3.05, 3.63) is 12.7 Å². The average Bonchev–Trinajstić information content (AvgIpc) is 2.17. The highest BCUT2D eigenvalue weighted by atomic mass is 35.9. The van der Waals surface area contributed by atoms with Gasteiger partial charge in [0.25, 0.3) is 0 Å². The van der Waals surface area contributed by atoms with Gasteiger partial charge in [-0.25, -0.2) is 0 Å². The van der Waals surface area contributed by atoms with Crippen LogP contribution in [-0.4, -0.2) is 32.5 Å². The van der Waals surface area contributed by atoms with Crippen LogP contribution in [0.5, 0.6) is 0 Å². The third-order valence-electron chi connectivity index (χ3n) is 1.26. The lowest BCUT2D eigenvalue weighted by molar-refractivity contribution is 0.0157. The molecule has 3 nitrogen and oxygen atoms in total. The number of hydrogen-bond donors (Lipinski definition) is 0. The van der Waals surface area contributed by atoms with Crippen molar-refractivity contribution in [2.24, 2.45) is 0 Å². The molecule has 0 saturated carbocycles. The number of hydrogen-bond acceptors (Lipinski definition) is 3. The zero-order chi connectivity index (χ0) is 11.5. The molecule has 0 aliphatic heterocycles. The first kappa shape index (κ1) is 15.2. The van der Waals surface area contributed by atoms with Crippen molar-refractivity contribution >= 4 is 29.3 Å². The van der Waals surface area contributed by atoms with Crippen molar-refractivity contribution in [3.63, 3.8) is 0 Å². The molecule has 86 valence electrons. The van der Waals surface area contributed by atoms with E-state index in [-0.39, 0.29) is 12.7 Å².